The maximum atomic E-state index is 11.6. The highest BCUT2D eigenvalue weighted by Crippen LogP contribution is 2.35. The van der Waals surface area contributed by atoms with Crippen LogP contribution in [-0.2, 0) is 14.6 Å². The second-order valence-electron chi connectivity index (χ2n) is 5.03. The Morgan fingerprint density at radius 3 is 2.65 bits per heavy atom. The molecule has 0 aromatic heterocycles. The summed E-state index contributed by atoms with van der Waals surface area (Å²) in [6.45, 7) is 2.29. The third kappa shape index (κ3) is 2.76. The van der Waals surface area contributed by atoms with Crippen molar-refractivity contribution < 1.29 is 18.3 Å². The Morgan fingerprint density at radius 2 is 2.10 bits per heavy atom. The summed E-state index contributed by atoms with van der Waals surface area (Å²) in [5.41, 5.74) is 1.16. The number of hydrogen-bond acceptors (Lipinski definition) is 4. The van der Waals surface area contributed by atoms with Crippen LogP contribution < -0.4 is 4.90 Å². The van der Waals surface area contributed by atoms with Crippen LogP contribution in [0.3, 0.4) is 0 Å². The molecule has 0 unspecified atom stereocenters. The van der Waals surface area contributed by atoms with Crippen LogP contribution in [0.15, 0.2) is 17.0 Å². The molecule has 0 saturated carbocycles. The van der Waals surface area contributed by atoms with E-state index in [1.54, 1.807) is 17.9 Å². The number of nitrogens with zero attached hydrogens (tertiary/aromatic N) is 1. The number of hydrogen-bond donors (Lipinski definition) is 1. The lowest BCUT2D eigenvalue weighted by Crippen LogP contribution is -2.36. The molecule has 7 heteroatoms. The van der Waals surface area contributed by atoms with E-state index in [1.165, 1.54) is 6.07 Å². The van der Waals surface area contributed by atoms with Gasteiger partial charge in [-0.2, -0.15) is 0 Å². The minimum atomic E-state index is -3.35. The van der Waals surface area contributed by atoms with Crippen molar-refractivity contribution in [2.45, 2.75) is 30.7 Å². The van der Waals surface area contributed by atoms with Gasteiger partial charge in [0.05, 0.1) is 15.6 Å². The average molecular weight is 318 g/mol. The van der Waals surface area contributed by atoms with E-state index >= 15 is 0 Å². The van der Waals surface area contributed by atoms with Gasteiger partial charge in [0.25, 0.3) is 0 Å². The largest absolute Gasteiger partial charge is 0.480 e. The normalized spacial score (nSPS) is 19.4. The van der Waals surface area contributed by atoms with E-state index in [4.69, 9.17) is 11.6 Å². The van der Waals surface area contributed by atoms with Gasteiger partial charge in [0.1, 0.15) is 6.04 Å². The molecule has 0 amide bonds. The minimum Gasteiger partial charge on any atom is -0.480 e. The molecule has 0 aliphatic carbocycles. The smallest absolute Gasteiger partial charge is 0.326 e. The van der Waals surface area contributed by atoms with Gasteiger partial charge >= 0.3 is 5.97 Å². The second-order valence-corrected chi connectivity index (χ2v) is 7.42. The van der Waals surface area contributed by atoms with Crippen LogP contribution in [0.25, 0.3) is 0 Å². The first-order valence-electron chi connectivity index (χ1n) is 6.21. The molecule has 0 spiro atoms. The van der Waals surface area contributed by atoms with Gasteiger partial charge < -0.3 is 10.0 Å². The number of benzene rings is 1. The van der Waals surface area contributed by atoms with E-state index in [0.717, 1.165) is 12.7 Å². The van der Waals surface area contributed by atoms with Crippen molar-refractivity contribution in [3.05, 3.63) is 22.7 Å². The molecule has 1 atom stereocenters. The third-order valence-corrected chi connectivity index (χ3v) is 5.03. The molecule has 1 N–H and O–H groups in total. The number of carboxylic acids is 1. The summed E-state index contributed by atoms with van der Waals surface area (Å²) < 4.78 is 23.3. The third-order valence-electron chi connectivity index (χ3n) is 3.49. The Balaban J connectivity index is 2.49. The number of halogens is 1. The van der Waals surface area contributed by atoms with E-state index < -0.39 is 21.8 Å². The Bertz CT molecular complexity index is 657. The van der Waals surface area contributed by atoms with Gasteiger partial charge in [-0.1, -0.05) is 11.6 Å². The molecule has 0 radical (unpaired) electrons. The van der Waals surface area contributed by atoms with Gasteiger partial charge in [-0.05, 0) is 37.5 Å². The fraction of sp³-hybridized carbons (Fsp3) is 0.462. The quantitative estimate of drug-likeness (QED) is 0.924. The van der Waals surface area contributed by atoms with E-state index in [0.29, 0.717) is 24.2 Å². The average Bonchev–Trinajstić information content (AvgIpc) is 2.79. The molecule has 1 heterocycles. The number of carboxylic acid groups (broad SMARTS) is 1. The van der Waals surface area contributed by atoms with E-state index in [1.807, 2.05) is 0 Å². The van der Waals surface area contributed by atoms with E-state index in [-0.39, 0.29) is 9.92 Å². The summed E-state index contributed by atoms with van der Waals surface area (Å²) in [4.78, 5) is 13.1. The van der Waals surface area contributed by atoms with Crippen LogP contribution in [0.1, 0.15) is 18.4 Å². The standard InChI is InChI=1S/C13H16ClNO4S/c1-8-6-11(9(14)7-12(8)20(2,18)19)15-5-3-4-10(15)13(16)17/h6-7,10H,3-5H2,1-2H3,(H,16,17)/t10-/m1/s1. The Morgan fingerprint density at radius 1 is 1.45 bits per heavy atom. The fourth-order valence-electron chi connectivity index (χ4n) is 2.58. The SMILES string of the molecule is Cc1cc(N2CCC[C@@H]2C(=O)O)c(Cl)cc1S(C)(=O)=O. The lowest BCUT2D eigenvalue weighted by atomic mass is 10.1. The predicted molar refractivity (Wildman–Crippen MR) is 77.3 cm³/mol. The number of sulfone groups is 1. The first kappa shape index (κ1) is 15.1. The molecule has 1 fully saturated rings. The Hall–Kier alpha value is -1.27. The molecular formula is C13H16ClNO4S. The number of aliphatic carboxylic acids is 1. The number of anilines is 1. The zero-order valence-corrected chi connectivity index (χ0v) is 12.8. The first-order chi connectivity index (χ1) is 9.21. The molecule has 5 nitrogen and oxygen atoms in total. The maximum absolute atomic E-state index is 11.6. The highest BCUT2D eigenvalue weighted by atomic mass is 35.5. The summed E-state index contributed by atoms with van der Waals surface area (Å²) in [6.07, 6.45) is 2.47. The number of rotatable bonds is 3. The zero-order valence-electron chi connectivity index (χ0n) is 11.3. The molecule has 1 aromatic rings. The van der Waals surface area contributed by atoms with Gasteiger partial charge in [-0.15, -0.1) is 0 Å². The molecule has 1 aliphatic rings. The lowest BCUT2D eigenvalue weighted by molar-refractivity contribution is -0.138. The lowest BCUT2D eigenvalue weighted by Gasteiger charge is -2.25. The van der Waals surface area contributed by atoms with Crippen LogP contribution in [0.5, 0.6) is 0 Å². The molecule has 1 aromatic carbocycles. The van der Waals surface area contributed by atoms with Crippen molar-refractivity contribution in [2.75, 3.05) is 17.7 Å². The molecule has 20 heavy (non-hydrogen) atoms. The van der Waals surface area contributed by atoms with Crippen LogP contribution in [0, 0.1) is 6.92 Å². The van der Waals surface area contributed by atoms with Gasteiger partial charge in [-0.3, -0.25) is 0 Å². The molecule has 1 aliphatic heterocycles. The van der Waals surface area contributed by atoms with Gasteiger partial charge in [0.2, 0.25) is 0 Å². The summed E-state index contributed by atoms with van der Waals surface area (Å²) in [5, 5.41) is 9.48. The van der Waals surface area contributed by atoms with Crippen LogP contribution in [-0.4, -0.2) is 38.3 Å². The topological polar surface area (TPSA) is 74.7 Å². The Labute approximate surface area is 123 Å². The summed E-state index contributed by atoms with van der Waals surface area (Å²) in [6, 6.07) is 2.45. The predicted octanol–water partition coefficient (Wildman–Crippen LogP) is 2.11. The van der Waals surface area contributed by atoms with Crippen molar-refractivity contribution in [1.29, 1.82) is 0 Å². The fourth-order valence-corrected chi connectivity index (χ4v) is 3.89. The molecule has 0 bridgehead atoms. The molecule has 2 rings (SSSR count). The van der Waals surface area contributed by atoms with Crippen molar-refractivity contribution >= 4 is 33.1 Å². The van der Waals surface area contributed by atoms with Crippen LogP contribution in [0.2, 0.25) is 5.02 Å². The van der Waals surface area contributed by atoms with Crippen molar-refractivity contribution in [3.63, 3.8) is 0 Å². The van der Waals surface area contributed by atoms with Gasteiger partial charge in [-0.25, -0.2) is 13.2 Å². The second kappa shape index (κ2) is 5.26. The first-order valence-corrected chi connectivity index (χ1v) is 8.48. The monoisotopic (exact) mass is 317 g/mol. The molecular weight excluding hydrogens is 302 g/mol. The van der Waals surface area contributed by atoms with Gasteiger partial charge in [0, 0.05) is 12.8 Å². The van der Waals surface area contributed by atoms with Crippen LogP contribution in [0.4, 0.5) is 5.69 Å². The highest BCUT2D eigenvalue weighted by molar-refractivity contribution is 7.90. The Kier molecular flexibility index (Phi) is 3.97. The van der Waals surface area contributed by atoms with Crippen molar-refractivity contribution in [3.8, 4) is 0 Å². The van der Waals surface area contributed by atoms with Crippen molar-refractivity contribution in [2.24, 2.45) is 0 Å². The number of aryl methyl sites for hydroxylation is 1. The van der Waals surface area contributed by atoms with Crippen molar-refractivity contribution in [1.82, 2.24) is 0 Å². The summed E-state index contributed by atoms with van der Waals surface area (Å²) in [5.74, 6) is -0.886. The molecule has 110 valence electrons. The summed E-state index contributed by atoms with van der Waals surface area (Å²) in [7, 11) is -3.35. The van der Waals surface area contributed by atoms with Gasteiger partial charge in [0.15, 0.2) is 9.84 Å². The highest BCUT2D eigenvalue weighted by Gasteiger charge is 2.32. The van der Waals surface area contributed by atoms with Crippen LogP contribution >= 0.6 is 11.6 Å². The zero-order chi connectivity index (χ0) is 15.1. The van der Waals surface area contributed by atoms with E-state index in [2.05, 4.69) is 0 Å². The molecule has 1 saturated heterocycles. The maximum Gasteiger partial charge on any atom is 0.326 e. The summed E-state index contributed by atoms with van der Waals surface area (Å²) >= 11 is 6.16. The van der Waals surface area contributed by atoms with E-state index in [9.17, 15) is 18.3 Å². The minimum absolute atomic E-state index is 0.178. The number of carbonyl (C=O) groups is 1.